The Labute approximate surface area is 177 Å². The molecule has 0 atom stereocenters. The number of piperidine rings is 1. The van der Waals surface area contributed by atoms with Gasteiger partial charge in [0.2, 0.25) is 5.91 Å². The molecule has 0 saturated carbocycles. The summed E-state index contributed by atoms with van der Waals surface area (Å²) in [6.07, 6.45) is -0.902. The number of hydrogen-bond donors (Lipinski definition) is 0. The van der Waals surface area contributed by atoms with Crippen LogP contribution in [0.3, 0.4) is 0 Å². The smallest absolute Gasteiger partial charge is 0.417 e. The van der Waals surface area contributed by atoms with Gasteiger partial charge in [0.25, 0.3) is 5.91 Å². The van der Waals surface area contributed by atoms with Crippen molar-refractivity contribution >= 4 is 17.6 Å². The van der Waals surface area contributed by atoms with Crippen molar-refractivity contribution in [1.29, 1.82) is 0 Å². The minimum Gasteiger partial charge on any atom is -0.459 e. The molecular formula is C21H23F3N4O3. The SMILES string of the molecule is O=C(c1ccco1)N1CCC(C(=O)N2CCN(c3ccc(C(F)(F)F)cn3)CC2)CC1. The van der Waals surface area contributed by atoms with Crippen LogP contribution in [0.2, 0.25) is 0 Å². The number of hydrogen-bond acceptors (Lipinski definition) is 5. The van der Waals surface area contributed by atoms with Crippen LogP contribution >= 0.6 is 0 Å². The lowest BCUT2D eigenvalue weighted by Crippen LogP contribution is -2.52. The molecule has 0 aromatic carbocycles. The number of likely N-dealkylation sites (tertiary alicyclic amines) is 1. The first-order chi connectivity index (χ1) is 14.8. The van der Waals surface area contributed by atoms with Crippen LogP contribution in [0.4, 0.5) is 19.0 Å². The number of rotatable bonds is 3. The van der Waals surface area contributed by atoms with Gasteiger partial charge in [-0.3, -0.25) is 9.59 Å². The first-order valence-corrected chi connectivity index (χ1v) is 10.2. The third-order valence-electron chi connectivity index (χ3n) is 5.85. The number of anilines is 1. The Hall–Kier alpha value is -3.04. The van der Waals surface area contributed by atoms with Crippen LogP contribution in [0.1, 0.15) is 29.0 Å². The Morgan fingerprint density at radius 3 is 2.23 bits per heavy atom. The van der Waals surface area contributed by atoms with Crippen molar-refractivity contribution in [2.75, 3.05) is 44.2 Å². The fourth-order valence-corrected chi connectivity index (χ4v) is 4.04. The molecule has 7 nitrogen and oxygen atoms in total. The molecule has 2 aliphatic heterocycles. The maximum absolute atomic E-state index is 12.9. The molecule has 0 unspecified atom stereocenters. The van der Waals surface area contributed by atoms with E-state index < -0.39 is 11.7 Å². The summed E-state index contributed by atoms with van der Waals surface area (Å²) in [7, 11) is 0. The Balaban J connectivity index is 1.26. The first-order valence-electron chi connectivity index (χ1n) is 10.2. The highest BCUT2D eigenvalue weighted by Crippen LogP contribution is 2.29. The van der Waals surface area contributed by atoms with E-state index in [1.807, 2.05) is 4.90 Å². The second-order valence-corrected chi connectivity index (χ2v) is 7.76. The zero-order valence-electron chi connectivity index (χ0n) is 16.8. The highest BCUT2D eigenvalue weighted by molar-refractivity contribution is 5.91. The van der Waals surface area contributed by atoms with Crippen LogP contribution < -0.4 is 4.90 Å². The van der Waals surface area contributed by atoms with Crippen LogP contribution in [-0.4, -0.2) is 65.9 Å². The van der Waals surface area contributed by atoms with Crippen LogP contribution in [0, 0.1) is 5.92 Å². The summed E-state index contributed by atoms with van der Waals surface area (Å²) in [5.41, 5.74) is -0.776. The largest absolute Gasteiger partial charge is 0.459 e. The number of alkyl halides is 3. The highest BCUT2D eigenvalue weighted by atomic mass is 19.4. The Morgan fingerprint density at radius 1 is 0.968 bits per heavy atom. The molecule has 0 N–H and O–H groups in total. The van der Waals surface area contributed by atoms with E-state index >= 15 is 0 Å². The second kappa shape index (κ2) is 8.60. The maximum Gasteiger partial charge on any atom is 0.417 e. The zero-order valence-corrected chi connectivity index (χ0v) is 16.8. The normalized spacial score (nSPS) is 18.4. The summed E-state index contributed by atoms with van der Waals surface area (Å²) in [5, 5.41) is 0. The molecule has 31 heavy (non-hydrogen) atoms. The first kappa shape index (κ1) is 21.2. The van der Waals surface area contributed by atoms with E-state index in [9.17, 15) is 22.8 Å². The van der Waals surface area contributed by atoms with Crippen LogP contribution in [-0.2, 0) is 11.0 Å². The van der Waals surface area contributed by atoms with Crippen molar-refractivity contribution in [2.45, 2.75) is 19.0 Å². The summed E-state index contributed by atoms with van der Waals surface area (Å²) in [5.74, 6) is 0.567. The Bertz CT molecular complexity index is 899. The molecule has 0 aliphatic carbocycles. The molecule has 2 amide bonds. The van der Waals surface area contributed by atoms with E-state index in [1.54, 1.807) is 21.9 Å². The van der Waals surface area contributed by atoms with E-state index in [-0.39, 0.29) is 17.7 Å². The van der Waals surface area contributed by atoms with E-state index in [2.05, 4.69) is 4.98 Å². The van der Waals surface area contributed by atoms with Crippen LogP contribution in [0.15, 0.2) is 41.1 Å². The minimum absolute atomic E-state index is 0.0742. The van der Waals surface area contributed by atoms with Crippen molar-refractivity contribution in [3.63, 3.8) is 0 Å². The van der Waals surface area contributed by atoms with Crippen LogP contribution in [0.25, 0.3) is 0 Å². The summed E-state index contributed by atoms with van der Waals surface area (Å²) >= 11 is 0. The van der Waals surface area contributed by atoms with Gasteiger partial charge >= 0.3 is 6.18 Å². The molecule has 2 aromatic heterocycles. The van der Waals surface area contributed by atoms with Crippen molar-refractivity contribution in [3.05, 3.63) is 48.0 Å². The van der Waals surface area contributed by atoms with Crippen molar-refractivity contribution < 1.29 is 27.2 Å². The number of carbonyl (C=O) groups excluding carboxylic acids is 2. The summed E-state index contributed by atoms with van der Waals surface area (Å²) in [6.45, 7) is 3.02. The summed E-state index contributed by atoms with van der Waals surface area (Å²) in [4.78, 5) is 34.6. The number of pyridine rings is 1. The van der Waals surface area contributed by atoms with E-state index in [0.29, 0.717) is 63.7 Å². The lowest BCUT2D eigenvalue weighted by atomic mass is 9.94. The van der Waals surface area contributed by atoms with E-state index in [4.69, 9.17) is 4.42 Å². The average Bonchev–Trinajstić information content (AvgIpc) is 3.33. The number of carbonyl (C=O) groups is 2. The lowest BCUT2D eigenvalue weighted by Gasteiger charge is -2.38. The number of amides is 2. The lowest BCUT2D eigenvalue weighted by molar-refractivity contribution is -0.138. The molecule has 2 aliphatic rings. The molecule has 0 bridgehead atoms. The van der Waals surface area contributed by atoms with Gasteiger partial charge in [0.1, 0.15) is 5.82 Å². The fourth-order valence-electron chi connectivity index (χ4n) is 4.04. The molecule has 0 radical (unpaired) electrons. The fraction of sp³-hybridized carbons (Fsp3) is 0.476. The number of nitrogens with zero attached hydrogens (tertiary/aromatic N) is 4. The van der Waals surface area contributed by atoms with Gasteiger partial charge in [-0.1, -0.05) is 0 Å². The quantitative estimate of drug-likeness (QED) is 0.740. The molecule has 0 spiro atoms. The number of aromatic nitrogens is 1. The van der Waals surface area contributed by atoms with Crippen molar-refractivity contribution in [3.8, 4) is 0 Å². The van der Waals surface area contributed by atoms with Crippen molar-refractivity contribution in [2.24, 2.45) is 5.92 Å². The highest BCUT2D eigenvalue weighted by Gasteiger charge is 2.33. The summed E-state index contributed by atoms with van der Waals surface area (Å²) in [6, 6.07) is 5.69. The third-order valence-corrected chi connectivity index (χ3v) is 5.85. The molecule has 2 saturated heterocycles. The van der Waals surface area contributed by atoms with Gasteiger partial charge in [0.15, 0.2) is 5.76 Å². The molecule has 4 rings (SSSR count). The van der Waals surface area contributed by atoms with E-state index in [1.165, 1.54) is 12.3 Å². The van der Waals surface area contributed by atoms with Gasteiger partial charge < -0.3 is 19.1 Å². The predicted molar refractivity (Wildman–Crippen MR) is 105 cm³/mol. The number of piperazine rings is 1. The Kier molecular flexibility index (Phi) is 5.88. The van der Waals surface area contributed by atoms with Gasteiger partial charge in [-0.25, -0.2) is 4.98 Å². The monoisotopic (exact) mass is 436 g/mol. The maximum atomic E-state index is 12.9. The number of halogens is 3. The van der Waals surface area contributed by atoms with Gasteiger partial charge in [0.05, 0.1) is 11.8 Å². The molecule has 10 heteroatoms. The van der Waals surface area contributed by atoms with Gasteiger partial charge in [-0.05, 0) is 37.1 Å². The Morgan fingerprint density at radius 2 is 1.68 bits per heavy atom. The molecule has 2 fully saturated rings. The third kappa shape index (κ3) is 4.67. The summed E-state index contributed by atoms with van der Waals surface area (Å²) < 4.78 is 43.2. The molecule has 2 aromatic rings. The molecule has 4 heterocycles. The minimum atomic E-state index is -4.41. The molecule has 166 valence electrons. The van der Waals surface area contributed by atoms with Gasteiger partial charge in [-0.2, -0.15) is 13.2 Å². The van der Waals surface area contributed by atoms with Crippen molar-refractivity contribution in [1.82, 2.24) is 14.8 Å². The standard InChI is InChI=1S/C21H23F3N4O3/c22-21(23,24)16-3-4-18(25-14-16)26-9-11-28(12-10-26)19(29)15-5-7-27(8-6-15)20(30)17-2-1-13-31-17/h1-4,13-15H,5-12H2. The average molecular weight is 436 g/mol. The topological polar surface area (TPSA) is 69.9 Å². The molecular weight excluding hydrogens is 413 g/mol. The van der Waals surface area contributed by atoms with Crippen LogP contribution in [0.5, 0.6) is 0 Å². The predicted octanol–water partition coefficient (Wildman–Crippen LogP) is 2.89. The second-order valence-electron chi connectivity index (χ2n) is 7.76. The van der Waals surface area contributed by atoms with Gasteiger partial charge in [0, 0.05) is 51.4 Å². The van der Waals surface area contributed by atoms with E-state index in [0.717, 1.165) is 12.3 Å². The number of furan rings is 1. The zero-order chi connectivity index (χ0) is 22.0. The van der Waals surface area contributed by atoms with Gasteiger partial charge in [-0.15, -0.1) is 0 Å².